The molecule has 2 aromatic carbocycles. The van der Waals surface area contributed by atoms with E-state index in [9.17, 15) is 4.79 Å². The molecule has 7 heteroatoms. The minimum atomic E-state index is -0.281. The van der Waals surface area contributed by atoms with Crippen LogP contribution < -0.4 is 5.32 Å². The van der Waals surface area contributed by atoms with Crippen molar-refractivity contribution < 1.29 is 9.90 Å². The lowest BCUT2D eigenvalue weighted by Gasteiger charge is -2.23. The fraction of sp³-hybridized carbons (Fsp3) is 0.235. The number of nitrogens with zero attached hydrogens (tertiary/aromatic N) is 1. The van der Waals surface area contributed by atoms with Gasteiger partial charge in [-0.1, -0.05) is 46.9 Å². The molecule has 0 saturated carbocycles. The fourth-order valence-corrected chi connectivity index (χ4v) is 2.65. The van der Waals surface area contributed by atoms with Crippen LogP contribution in [0.4, 0.5) is 10.5 Å². The molecule has 0 unspecified atom stereocenters. The summed E-state index contributed by atoms with van der Waals surface area (Å²) in [6.45, 7) is 0.759. The predicted molar refractivity (Wildman–Crippen MR) is 99.0 cm³/mol. The van der Waals surface area contributed by atoms with Crippen molar-refractivity contribution in [3.63, 3.8) is 0 Å². The second-order valence-corrected chi connectivity index (χ2v) is 6.44. The molecule has 2 aromatic rings. The number of aliphatic hydroxyl groups is 1. The number of benzene rings is 2. The Balaban J connectivity index is 2.11. The molecule has 0 saturated heterocycles. The Labute approximate surface area is 155 Å². The number of nitrogens with one attached hydrogen (secondary N) is 1. The average molecular weight is 388 g/mol. The van der Waals surface area contributed by atoms with Gasteiger partial charge in [0.1, 0.15) is 0 Å². The largest absolute Gasteiger partial charge is 0.396 e. The van der Waals surface area contributed by atoms with Crippen LogP contribution in [0.5, 0.6) is 0 Å². The molecule has 2 rings (SSSR count). The molecule has 2 N–H and O–H groups in total. The van der Waals surface area contributed by atoms with Crippen molar-refractivity contribution in [1.29, 1.82) is 0 Å². The van der Waals surface area contributed by atoms with Crippen LogP contribution in [0.1, 0.15) is 12.0 Å². The van der Waals surface area contributed by atoms with E-state index in [0.717, 1.165) is 5.56 Å². The lowest BCUT2D eigenvalue weighted by atomic mass is 10.2. The maximum atomic E-state index is 12.5. The molecule has 0 aliphatic carbocycles. The first kappa shape index (κ1) is 18.9. The topological polar surface area (TPSA) is 52.6 Å². The molecule has 0 fully saturated rings. The summed E-state index contributed by atoms with van der Waals surface area (Å²) >= 11 is 17.9. The minimum Gasteiger partial charge on any atom is -0.396 e. The van der Waals surface area contributed by atoms with E-state index in [1.165, 1.54) is 0 Å². The van der Waals surface area contributed by atoms with Crippen LogP contribution in [0.25, 0.3) is 0 Å². The van der Waals surface area contributed by atoms with Crippen LogP contribution >= 0.6 is 34.8 Å². The van der Waals surface area contributed by atoms with Gasteiger partial charge in [0.15, 0.2) is 0 Å². The van der Waals surface area contributed by atoms with Crippen LogP contribution in [-0.2, 0) is 6.54 Å². The molecule has 2 amide bonds. The number of amides is 2. The number of halogens is 3. The van der Waals surface area contributed by atoms with Crippen molar-refractivity contribution in [3.05, 3.63) is 63.1 Å². The van der Waals surface area contributed by atoms with E-state index >= 15 is 0 Å². The lowest BCUT2D eigenvalue weighted by Crippen LogP contribution is -2.35. The van der Waals surface area contributed by atoms with Crippen molar-refractivity contribution in [3.8, 4) is 0 Å². The van der Waals surface area contributed by atoms with Gasteiger partial charge in [-0.25, -0.2) is 4.79 Å². The zero-order valence-electron chi connectivity index (χ0n) is 12.8. The second kappa shape index (κ2) is 9.14. The molecule has 0 spiro atoms. The number of aliphatic hydroxyl groups excluding tert-OH is 1. The molecule has 0 aromatic heterocycles. The number of anilines is 1. The Morgan fingerprint density at radius 2 is 1.88 bits per heavy atom. The number of carbonyl (C=O) groups is 1. The van der Waals surface area contributed by atoms with Gasteiger partial charge in [-0.3, -0.25) is 0 Å². The third-order valence-electron chi connectivity index (χ3n) is 3.31. The van der Waals surface area contributed by atoms with Gasteiger partial charge in [0.25, 0.3) is 0 Å². The molecular weight excluding hydrogens is 371 g/mol. The summed E-state index contributed by atoms with van der Waals surface area (Å²) in [6, 6.07) is 11.9. The quantitative estimate of drug-likeness (QED) is 0.727. The first-order chi connectivity index (χ1) is 11.5. The normalized spacial score (nSPS) is 10.5. The standard InChI is InChI=1S/C17H17Cl3N2O2/c18-13-3-1-4-14(10-13)21-17(24)22(7-2-8-23)11-12-5-6-15(19)16(20)9-12/h1,3-6,9-10,23H,2,7-8,11H2,(H,21,24). The number of rotatable bonds is 6. The summed E-state index contributed by atoms with van der Waals surface area (Å²) in [4.78, 5) is 14.1. The predicted octanol–water partition coefficient (Wildman–Crippen LogP) is 5.06. The van der Waals surface area contributed by atoms with Crippen LogP contribution in [-0.4, -0.2) is 29.2 Å². The van der Waals surface area contributed by atoms with E-state index in [4.69, 9.17) is 39.9 Å². The van der Waals surface area contributed by atoms with Gasteiger partial charge in [0.05, 0.1) is 10.0 Å². The monoisotopic (exact) mass is 386 g/mol. The maximum absolute atomic E-state index is 12.5. The summed E-state index contributed by atoms with van der Waals surface area (Å²) in [5, 5.41) is 13.3. The van der Waals surface area contributed by atoms with Gasteiger partial charge in [-0.2, -0.15) is 0 Å². The first-order valence-electron chi connectivity index (χ1n) is 7.36. The van der Waals surface area contributed by atoms with Gasteiger partial charge < -0.3 is 15.3 Å². The Morgan fingerprint density at radius 3 is 2.54 bits per heavy atom. The van der Waals surface area contributed by atoms with E-state index in [1.807, 2.05) is 6.07 Å². The van der Waals surface area contributed by atoms with Crippen LogP contribution in [0, 0.1) is 0 Å². The molecule has 0 radical (unpaired) electrons. The van der Waals surface area contributed by atoms with Crippen molar-refractivity contribution in [2.24, 2.45) is 0 Å². The average Bonchev–Trinajstić information content (AvgIpc) is 2.54. The number of carbonyl (C=O) groups excluding carboxylic acids is 1. The Morgan fingerprint density at radius 1 is 1.08 bits per heavy atom. The van der Waals surface area contributed by atoms with Crippen molar-refractivity contribution in [2.45, 2.75) is 13.0 Å². The molecule has 0 aliphatic heterocycles. The van der Waals surface area contributed by atoms with E-state index in [-0.39, 0.29) is 12.6 Å². The lowest BCUT2D eigenvalue weighted by molar-refractivity contribution is 0.199. The van der Waals surface area contributed by atoms with Gasteiger partial charge >= 0.3 is 6.03 Å². The Bertz CT molecular complexity index is 710. The smallest absolute Gasteiger partial charge is 0.322 e. The molecule has 24 heavy (non-hydrogen) atoms. The van der Waals surface area contributed by atoms with E-state index in [0.29, 0.717) is 40.3 Å². The van der Waals surface area contributed by atoms with Crippen LogP contribution in [0.2, 0.25) is 15.1 Å². The highest BCUT2D eigenvalue weighted by molar-refractivity contribution is 6.42. The highest BCUT2D eigenvalue weighted by atomic mass is 35.5. The molecule has 4 nitrogen and oxygen atoms in total. The van der Waals surface area contributed by atoms with Gasteiger partial charge in [0.2, 0.25) is 0 Å². The van der Waals surface area contributed by atoms with Gasteiger partial charge in [-0.15, -0.1) is 0 Å². The third kappa shape index (κ3) is 5.56. The molecular formula is C17H17Cl3N2O2. The zero-order chi connectivity index (χ0) is 17.5. The Hall–Kier alpha value is -1.46. The summed E-state index contributed by atoms with van der Waals surface area (Å²) in [6.07, 6.45) is 0.476. The van der Waals surface area contributed by atoms with Crippen molar-refractivity contribution >= 4 is 46.5 Å². The summed E-state index contributed by atoms with van der Waals surface area (Å²) in [7, 11) is 0. The summed E-state index contributed by atoms with van der Waals surface area (Å²) < 4.78 is 0. The highest BCUT2D eigenvalue weighted by Crippen LogP contribution is 2.23. The maximum Gasteiger partial charge on any atom is 0.322 e. The third-order valence-corrected chi connectivity index (χ3v) is 4.28. The van der Waals surface area contributed by atoms with Crippen LogP contribution in [0.15, 0.2) is 42.5 Å². The highest BCUT2D eigenvalue weighted by Gasteiger charge is 2.15. The molecule has 0 aliphatic rings. The van der Waals surface area contributed by atoms with E-state index in [2.05, 4.69) is 5.32 Å². The number of urea groups is 1. The van der Waals surface area contributed by atoms with Gasteiger partial charge in [0, 0.05) is 30.4 Å². The summed E-state index contributed by atoms with van der Waals surface area (Å²) in [5.74, 6) is 0. The first-order valence-corrected chi connectivity index (χ1v) is 8.49. The van der Waals surface area contributed by atoms with Crippen molar-refractivity contribution in [2.75, 3.05) is 18.5 Å². The van der Waals surface area contributed by atoms with Gasteiger partial charge in [-0.05, 0) is 42.3 Å². The van der Waals surface area contributed by atoms with E-state index < -0.39 is 0 Å². The Kier molecular flexibility index (Phi) is 7.18. The number of hydrogen-bond acceptors (Lipinski definition) is 2. The summed E-state index contributed by atoms with van der Waals surface area (Å²) in [5.41, 5.74) is 1.46. The zero-order valence-corrected chi connectivity index (χ0v) is 15.1. The molecule has 128 valence electrons. The molecule has 0 heterocycles. The van der Waals surface area contributed by atoms with Crippen LogP contribution in [0.3, 0.4) is 0 Å². The second-order valence-electron chi connectivity index (χ2n) is 5.19. The fourth-order valence-electron chi connectivity index (χ4n) is 2.14. The number of hydrogen-bond donors (Lipinski definition) is 2. The van der Waals surface area contributed by atoms with E-state index in [1.54, 1.807) is 41.3 Å². The van der Waals surface area contributed by atoms with Crippen molar-refractivity contribution in [1.82, 2.24) is 4.90 Å². The molecule has 0 atom stereocenters. The SMILES string of the molecule is O=C(Nc1cccc(Cl)c1)N(CCCO)Cc1ccc(Cl)c(Cl)c1. The molecule has 0 bridgehead atoms. The minimum absolute atomic E-state index is 0.00230.